The van der Waals surface area contributed by atoms with E-state index in [0.717, 1.165) is 0 Å². The van der Waals surface area contributed by atoms with E-state index >= 15 is 0 Å². The minimum atomic E-state index is -1.24. The monoisotopic (exact) mass is 487 g/mol. The second-order valence-corrected chi connectivity index (χ2v) is 9.29. The molecular weight excluding hydrogens is 458 g/mol. The van der Waals surface area contributed by atoms with E-state index in [1.165, 1.54) is 4.90 Å². The second kappa shape index (κ2) is 10.3. The van der Waals surface area contributed by atoms with Gasteiger partial charge < -0.3 is 9.47 Å². The van der Waals surface area contributed by atoms with Crippen molar-refractivity contribution in [2.24, 2.45) is 5.92 Å². The van der Waals surface area contributed by atoms with Crippen LogP contribution in [0.1, 0.15) is 55.4 Å². The molecule has 0 bridgehead atoms. The molecule has 2 heterocycles. The van der Waals surface area contributed by atoms with Crippen molar-refractivity contribution in [1.82, 2.24) is 10.2 Å². The summed E-state index contributed by atoms with van der Waals surface area (Å²) in [7, 11) is 0. The van der Waals surface area contributed by atoms with Crippen LogP contribution in [0.4, 0.5) is 5.82 Å². The van der Waals surface area contributed by atoms with Crippen LogP contribution in [-0.4, -0.2) is 39.9 Å². The average Bonchev–Trinajstić information content (AvgIpc) is 3.10. The summed E-state index contributed by atoms with van der Waals surface area (Å²) in [6.07, 6.45) is -0.0291. The van der Waals surface area contributed by atoms with Gasteiger partial charge in [0.15, 0.2) is 11.6 Å². The maximum absolute atomic E-state index is 13.7. The zero-order valence-electron chi connectivity index (χ0n) is 21.0. The number of Topliss-reactive ketones (excluding diaryl/α,β-unsaturated/α-hetero) is 2. The van der Waals surface area contributed by atoms with Crippen molar-refractivity contribution in [3.8, 4) is 11.5 Å². The first-order valence-electron chi connectivity index (χ1n) is 11.9. The first-order valence-corrected chi connectivity index (χ1v) is 11.9. The van der Waals surface area contributed by atoms with Crippen LogP contribution in [0.2, 0.25) is 0 Å². The number of rotatable bonds is 8. The van der Waals surface area contributed by atoms with Gasteiger partial charge in [-0.2, -0.15) is 5.10 Å². The molecule has 0 radical (unpaired) electrons. The number of nitrogens with zero attached hydrogens (tertiary/aromatic N) is 3. The van der Waals surface area contributed by atoms with Gasteiger partial charge >= 0.3 is 0 Å². The van der Waals surface area contributed by atoms with Gasteiger partial charge in [-0.3, -0.25) is 19.3 Å². The Bertz CT molecular complexity index is 1250. The van der Waals surface area contributed by atoms with E-state index in [4.69, 9.17) is 9.47 Å². The van der Waals surface area contributed by atoms with Crippen LogP contribution in [-0.2, 0) is 9.59 Å². The van der Waals surface area contributed by atoms with Crippen molar-refractivity contribution in [3.05, 3.63) is 77.5 Å². The molecule has 2 atom stereocenters. The molecule has 1 fully saturated rings. The van der Waals surface area contributed by atoms with Gasteiger partial charge in [0.2, 0.25) is 5.78 Å². The Hall–Kier alpha value is -4.07. The number of benzene rings is 2. The van der Waals surface area contributed by atoms with Gasteiger partial charge in [0, 0.05) is 5.56 Å². The standard InChI is InChI=1S/C28H29N3O5/c1-16(2)35-21-11-7-19(8-12-21)25-24(26(32)20-9-13-22(14-10-20)36-17(3)4)27(33)28(34)31(25)23-15-6-18(5)29-30-23/h6-17,24-25H,1-5H3. The highest BCUT2D eigenvalue weighted by molar-refractivity contribution is 6.48. The number of hydrogen-bond donors (Lipinski definition) is 0. The lowest BCUT2D eigenvalue weighted by Gasteiger charge is -2.26. The average molecular weight is 488 g/mol. The molecule has 1 saturated heterocycles. The fourth-order valence-electron chi connectivity index (χ4n) is 4.21. The first-order chi connectivity index (χ1) is 17.2. The third-order valence-corrected chi connectivity index (χ3v) is 5.72. The number of carbonyl (C=O) groups is 3. The quantitative estimate of drug-likeness (QED) is 0.262. The largest absolute Gasteiger partial charge is 0.491 e. The van der Waals surface area contributed by atoms with E-state index in [0.29, 0.717) is 28.3 Å². The minimum absolute atomic E-state index is 0.0122. The molecule has 8 nitrogen and oxygen atoms in total. The van der Waals surface area contributed by atoms with Crippen molar-refractivity contribution in [2.75, 3.05) is 4.90 Å². The molecule has 36 heavy (non-hydrogen) atoms. The number of ether oxygens (including phenoxy) is 2. The SMILES string of the molecule is Cc1ccc(N2C(=O)C(=O)C(C(=O)c3ccc(OC(C)C)cc3)C2c2ccc(OC(C)C)cc2)nn1. The van der Waals surface area contributed by atoms with E-state index in [-0.39, 0.29) is 18.0 Å². The number of aromatic nitrogens is 2. The van der Waals surface area contributed by atoms with Crippen LogP contribution in [0, 0.1) is 12.8 Å². The van der Waals surface area contributed by atoms with Crippen molar-refractivity contribution >= 4 is 23.3 Å². The lowest BCUT2D eigenvalue weighted by Crippen LogP contribution is -2.31. The normalized spacial score (nSPS) is 17.7. The van der Waals surface area contributed by atoms with Crippen LogP contribution in [0.15, 0.2) is 60.7 Å². The number of ketones is 2. The summed E-state index contributed by atoms with van der Waals surface area (Å²) >= 11 is 0. The number of hydrogen-bond acceptors (Lipinski definition) is 7. The van der Waals surface area contributed by atoms with E-state index < -0.39 is 29.4 Å². The van der Waals surface area contributed by atoms with Crippen LogP contribution in [0.25, 0.3) is 0 Å². The summed E-state index contributed by atoms with van der Waals surface area (Å²) in [5.41, 5.74) is 1.60. The highest BCUT2D eigenvalue weighted by Crippen LogP contribution is 2.41. The topological polar surface area (TPSA) is 98.7 Å². The summed E-state index contributed by atoms with van der Waals surface area (Å²) in [5, 5.41) is 8.18. The maximum atomic E-state index is 13.7. The van der Waals surface area contributed by atoms with Gasteiger partial charge in [0.25, 0.3) is 5.91 Å². The van der Waals surface area contributed by atoms with Gasteiger partial charge in [0.05, 0.1) is 23.9 Å². The summed E-state index contributed by atoms with van der Waals surface area (Å²) in [4.78, 5) is 41.4. The fourth-order valence-corrected chi connectivity index (χ4v) is 4.21. The number of anilines is 1. The Morgan fingerprint density at radius 2 is 1.36 bits per heavy atom. The van der Waals surface area contributed by atoms with Crippen LogP contribution in [0.5, 0.6) is 11.5 Å². The molecule has 0 N–H and O–H groups in total. The summed E-state index contributed by atoms with van der Waals surface area (Å²) < 4.78 is 11.4. The molecule has 0 saturated carbocycles. The predicted molar refractivity (Wildman–Crippen MR) is 134 cm³/mol. The molecule has 1 aromatic heterocycles. The van der Waals surface area contributed by atoms with E-state index in [9.17, 15) is 14.4 Å². The molecular formula is C28H29N3O5. The lowest BCUT2D eigenvalue weighted by molar-refractivity contribution is -0.135. The zero-order chi connectivity index (χ0) is 26.0. The molecule has 1 aliphatic heterocycles. The first kappa shape index (κ1) is 25.0. The van der Waals surface area contributed by atoms with Gasteiger partial charge in [0.1, 0.15) is 17.4 Å². The molecule has 1 amide bonds. The highest BCUT2D eigenvalue weighted by atomic mass is 16.5. The second-order valence-electron chi connectivity index (χ2n) is 9.29. The van der Waals surface area contributed by atoms with Gasteiger partial charge in [-0.1, -0.05) is 12.1 Å². The molecule has 2 unspecified atom stereocenters. The minimum Gasteiger partial charge on any atom is -0.491 e. The molecule has 2 aromatic carbocycles. The van der Waals surface area contributed by atoms with Crippen molar-refractivity contribution in [3.63, 3.8) is 0 Å². The molecule has 186 valence electrons. The maximum Gasteiger partial charge on any atom is 0.297 e. The summed E-state index contributed by atoms with van der Waals surface area (Å²) in [6, 6.07) is 16.1. The number of aryl methyl sites for hydroxylation is 1. The number of carbonyl (C=O) groups excluding carboxylic acids is 3. The predicted octanol–water partition coefficient (Wildman–Crippen LogP) is 4.52. The van der Waals surface area contributed by atoms with E-state index in [1.54, 1.807) is 67.6 Å². The Balaban J connectivity index is 1.75. The van der Waals surface area contributed by atoms with E-state index in [2.05, 4.69) is 10.2 Å². The zero-order valence-corrected chi connectivity index (χ0v) is 21.0. The summed E-state index contributed by atoms with van der Waals surface area (Å²) in [6.45, 7) is 9.44. The number of amides is 1. The van der Waals surface area contributed by atoms with Crippen LogP contribution >= 0.6 is 0 Å². The van der Waals surface area contributed by atoms with Crippen molar-refractivity contribution < 1.29 is 23.9 Å². The molecule has 1 aliphatic rings. The molecule has 8 heteroatoms. The third-order valence-electron chi connectivity index (χ3n) is 5.72. The van der Waals surface area contributed by atoms with Crippen molar-refractivity contribution in [1.29, 1.82) is 0 Å². The molecule has 0 spiro atoms. The van der Waals surface area contributed by atoms with Crippen LogP contribution < -0.4 is 14.4 Å². The molecule has 0 aliphatic carbocycles. The Kier molecular flexibility index (Phi) is 7.15. The third kappa shape index (κ3) is 5.12. The Labute approximate surface area is 210 Å². The van der Waals surface area contributed by atoms with Gasteiger partial charge in [-0.25, -0.2) is 0 Å². The van der Waals surface area contributed by atoms with Crippen LogP contribution in [0.3, 0.4) is 0 Å². The fraction of sp³-hybridized carbons (Fsp3) is 0.321. The Morgan fingerprint density at radius 1 is 0.806 bits per heavy atom. The lowest BCUT2D eigenvalue weighted by atomic mass is 9.86. The molecule has 4 rings (SSSR count). The molecule has 3 aromatic rings. The van der Waals surface area contributed by atoms with Crippen molar-refractivity contribution in [2.45, 2.75) is 52.9 Å². The van der Waals surface area contributed by atoms with E-state index in [1.807, 2.05) is 27.7 Å². The van der Waals surface area contributed by atoms with Gasteiger partial charge in [-0.05, 0) is 88.7 Å². The Morgan fingerprint density at radius 3 is 1.86 bits per heavy atom. The summed E-state index contributed by atoms with van der Waals surface area (Å²) in [5.74, 6) is -1.79. The highest BCUT2D eigenvalue weighted by Gasteiger charge is 2.52. The smallest absolute Gasteiger partial charge is 0.297 e. The van der Waals surface area contributed by atoms with Gasteiger partial charge in [-0.15, -0.1) is 5.10 Å².